The van der Waals surface area contributed by atoms with Crippen LogP contribution in [-0.4, -0.2) is 35.3 Å². The molecule has 1 unspecified atom stereocenters. The van der Waals surface area contributed by atoms with Gasteiger partial charge in [0.25, 0.3) is 0 Å². The average Bonchev–Trinajstić information content (AvgIpc) is 2.69. The van der Waals surface area contributed by atoms with Gasteiger partial charge in [0.05, 0.1) is 12.3 Å². The number of pyridine rings is 1. The van der Waals surface area contributed by atoms with Crippen LogP contribution in [0.5, 0.6) is 0 Å². The molecule has 0 amide bonds. The molecule has 1 atom stereocenters. The van der Waals surface area contributed by atoms with Gasteiger partial charge < -0.3 is 14.4 Å². The third-order valence-electron chi connectivity index (χ3n) is 2.98. The monoisotopic (exact) mass is 300 g/mol. The van der Waals surface area contributed by atoms with Crippen molar-refractivity contribution in [3.63, 3.8) is 0 Å². The Morgan fingerprint density at radius 2 is 2.26 bits per heavy atom. The highest BCUT2D eigenvalue weighted by Gasteiger charge is 2.39. The second kappa shape index (κ2) is 5.00. The van der Waals surface area contributed by atoms with Crippen LogP contribution in [0.2, 0.25) is 5.15 Å². The summed E-state index contributed by atoms with van der Waals surface area (Å²) in [6, 6.07) is 3.58. The Kier molecular flexibility index (Phi) is 3.35. The fourth-order valence-electron chi connectivity index (χ4n) is 2.13. The van der Waals surface area contributed by atoms with E-state index in [4.69, 9.17) is 32.7 Å². The van der Waals surface area contributed by atoms with E-state index >= 15 is 0 Å². The van der Waals surface area contributed by atoms with Crippen molar-refractivity contribution in [1.82, 2.24) is 9.88 Å². The SMILES string of the molecule is O=C1OC2COCN(Cc3ccc(Cl)nc3)C2=C1Cl. The van der Waals surface area contributed by atoms with Gasteiger partial charge in [0.1, 0.15) is 16.9 Å². The highest BCUT2D eigenvalue weighted by Crippen LogP contribution is 2.32. The fourth-order valence-corrected chi connectivity index (χ4v) is 2.53. The Morgan fingerprint density at radius 3 is 3.00 bits per heavy atom. The predicted molar refractivity (Wildman–Crippen MR) is 68.4 cm³/mol. The third kappa shape index (κ3) is 2.41. The predicted octanol–water partition coefficient (Wildman–Crippen LogP) is 1.90. The van der Waals surface area contributed by atoms with Gasteiger partial charge in [-0.3, -0.25) is 0 Å². The molecule has 1 saturated heterocycles. The molecule has 0 spiro atoms. The van der Waals surface area contributed by atoms with Crippen LogP contribution in [0, 0.1) is 0 Å². The molecule has 7 heteroatoms. The summed E-state index contributed by atoms with van der Waals surface area (Å²) < 4.78 is 10.5. The van der Waals surface area contributed by atoms with Crippen LogP contribution in [0.25, 0.3) is 0 Å². The highest BCUT2D eigenvalue weighted by molar-refractivity contribution is 6.42. The van der Waals surface area contributed by atoms with Gasteiger partial charge in [-0.2, -0.15) is 0 Å². The van der Waals surface area contributed by atoms with E-state index in [1.54, 1.807) is 12.3 Å². The summed E-state index contributed by atoms with van der Waals surface area (Å²) in [4.78, 5) is 17.3. The van der Waals surface area contributed by atoms with E-state index in [9.17, 15) is 4.79 Å². The van der Waals surface area contributed by atoms with Crippen LogP contribution in [-0.2, 0) is 20.8 Å². The molecule has 0 saturated carbocycles. The first kappa shape index (κ1) is 12.7. The quantitative estimate of drug-likeness (QED) is 0.617. The number of fused-ring (bicyclic) bond motifs is 1. The lowest BCUT2D eigenvalue weighted by Crippen LogP contribution is -2.39. The molecule has 0 N–H and O–H groups in total. The topological polar surface area (TPSA) is 51.7 Å². The molecule has 0 bridgehead atoms. The minimum atomic E-state index is -0.494. The molecule has 3 rings (SSSR count). The maximum Gasteiger partial charge on any atom is 0.352 e. The smallest absolute Gasteiger partial charge is 0.352 e. The molecule has 3 heterocycles. The molecule has 2 aliphatic rings. The second-order valence-corrected chi connectivity index (χ2v) is 5.05. The first-order chi connectivity index (χ1) is 9.15. The molecule has 19 heavy (non-hydrogen) atoms. The molecule has 5 nitrogen and oxygen atoms in total. The molecular weight excluding hydrogens is 291 g/mol. The van der Waals surface area contributed by atoms with Gasteiger partial charge in [0.15, 0.2) is 6.10 Å². The Hall–Kier alpha value is -1.30. The Morgan fingerprint density at radius 1 is 1.42 bits per heavy atom. The van der Waals surface area contributed by atoms with Crippen molar-refractivity contribution in [2.75, 3.05) is 13.3 Å². The normalized spacial score (nSPS) is 22.5. The summed E-state index contributed by atoms with van der Waals surface area (Å²) in [6.45, 7) is 1.23. The second-order valence-electron chi connectivity index (χ2n) is 4.28. The zero-order valence-electron chi connectivity index (χ0n) is 9.81. The Labute approximate surface area is 119 Å². The Balaban J connectivity index is 1.84. The number of carbonyl (C=O) groups excluding carboxylic acids is 1. The fraction of sp³-hybridized carbons (Fsp3) is 0.333. The maximum atomic E-state index is 11.5. The number of rotatable bonds is 2. The molecule has 2 aliphatic heterocycles. The van der Waals surface area contributed by atoms with Crippen LogP contribution in [0.3, 0.4) is 0 Å². The number of aromatic nitrogens is 1. The number of halogens is 2. The molecule has 1 aromatic heterocycles. The first-order valence-corrected chi connectivity index (χ1v) is 6.44. The summed E-state index contributed by atoms with van der Waals surface area (Å²) in [5.74, 6) is -0.494. The first-order valence-electron chi connectivity index (χ1n) is 5.69. The maximum absolute atomic E-state index is 11.5. The van der Waals surface area contributed by atoms with E-state index in [1.165, 1.54) is 0 Å². The largest absolute Gasteiger partial charge is 0.449 e. The molecule has 1 aromatic rings. The van der Waals surface area contributed by atoms with Gasteiger partial charge >= 0.3 is 5.97 Å². The lowest BCUT2D eigenvalue weighted by Gasteiger charge is -2.33. The summed E-state index contributed by atoms with van der Waals surface area (Å²) in [6.07, 6.45) is 1.27. The van der Waals surface area contributed by atoms with Gasteiger partial charge in [-0.25, -0.2) is 9.78 Å². The van der Waals surface area contributed by atoms with Gasteiger partial charge in [-0.05, 0) is 11.6 Å². The molecule has 0 aromatic carbocycles. The summed E-state index contributed by atoms with van der Waals surface area (Å²) in [7, 11) is 0. The van der Waals surface area contributed by atoms with Gasteiger partial charge in [-0.15, -0.1) is 0 Å². The summed E-state index contributed by atoms with van der Waals surface area (Å²) >= 11 is 11.7. The van der Waals surface area contributed by atoms with Gasteiger partial charge in [0.2, 0.25) is 0 Å². The van der Waals surface area contributed by atoms with E-state index in [2.05, 4.69) is 4.98 Å². The minimum absolute atomic E-state index is 0.134. The van der Waals surface area contributed by atoms with Crippen molar-refractivity contribution >= 4 is 29.2 Å². The summed E-state index contributed by atoms with van der Waals surface area (Å²) in [5.41, 5.74) is 1.64. The third-order valence-corrected chi connectivity index (χ3v) is 3.55. The van der Waals surface area contributed by atoms with Crippen molar-refractivity contribution < 1.29 is 14.3 Å². The zero-order chi connectivity index (χ0) is 13.4. The molecule has 100 valence electrons. The van der Waals surface area contributed by atoms with Crippen molar-refractivity contribution in [2.45, 2.75) is 12.6 Å². The van der Waals surface area contributed by atoms with E-state index in [0.29, 0.717) is 30.7 Å². The molecule has 0 radical (unpaired) electrons. The van der Waals surface area contributed by atoms with Crippen LogP contribution in [0.15, 0.2) is 29.1 Å². The average molecular weight is 301 g/mol. The number of hydrogen-bond donors (Lipinski definition) is 0. The van der Waals surface area contributed by atoms with Crippen LogP contribution in [0.4, 0.5) is 0 Å². The number of nitrogens with zero attached hydrogens (tertiary/aromatic N) is 2. The molecular formula is C12H10Cl2N2O3. The number of esters is 1. The van der Waals surface area contributed by atoms with Crippen LogP contribution < -0.4 is 0 Å². The number of hydrogen-bond acceptors (Lipinski definition) is 5. The van der Waals surface area contributed by atoms with Crippen molar-refractivity contribution in [1.29, 1.82) is 0 Å². The van der Waals surface area contributed by atoms with Gasteiger partial charge in [-0.1, -0.05) is 29.3 Å². The van der Waals surface area contributed by atoms with Crippen molar-refractivity contribution in [3.05, 3.63) is 39.8 Å². The van der Waals surface area contributed by atoms with Crippen molar-refractivity contribution in [2.24, 2.45) is 0 Å². The zero-order valence-corrected chi connectivity index (χ0v) is 11.3. The summed E-state index contributed by atoms with van der Waals surface area (Å²) in [5, 5.41) is 0.573. The van der Waals surface area contributed by atoms with E-state index in [0.717, 1.165) is 5.56 Å². The minimum Gasteiger partial charge on any atom is -0.449 e. The lowest BCUT2D eigenvalue weighted by molar-refractivity contribution is -0.145. The number of ether oxygens (including phenoxy) is 2. The van der Waals surface area contributed by atoms with Crippen LogP contribution >= 0.6 is 23.2 Å². The highest BCUT2D eigenvalue weighted by atomic mass is 35.5. The van der Waals surface area contributed by atoms with Crippen LogP contribution in [0.1, 0.15) is 5.56 Å². The standard InChI is InChI=1S/C12H10Cl2N2O3/c13-9-2-1-7(3-15-9)4-16-6-18-5-8-11(16)10(14)12(17)19-8/h1-3,8H,4-6H2. The lowest BCUT2D eigenvalue weighted by atomic mass is 10.2. The molecule has 0 aliphatic carbocycles. The van der Waals surface area contributed by atoms with Gasteiger partial charge in [0, 0.05) is 12.7 Å². The number of carbonyl (C=O) groups is 1. The van der Waals surface area contributed by atoms with Crippen molar-refractivity contribution in [3.8, 4) is 0 Å². The Bertz CT molecular complexity index is 544. The molecule has 1 fully saturated rings. The van der Waals surface area contributed by atoms with E-state index in [-0.39, 0.29) is 5.03 Å². The van der Waals surface area contributed by atoms with E-state index in [1.807, 2.05) is 11.0 Å². The van der Waals surface area contributed by atoms with E-state index < -0.39 is 12.1 Å².